The molecule has 1 heterocycles. The van der Waals surface area contributed by atoms with Crippen molar-refractivity contribution in [3.63, 3.8) is 0 Å². The van der Waals surface area contributed by atoms with Crippen molar-refractivity contribution < 1.29 is 9.47 Å². The van der Waals surface area contributed by atoms with Crippen molar-refractivity contribution in [2.75, 3.05) is 33.8 Å². The van der Waals surface area contributed by atoms with Gasteiger partial charge in [-0.05, 0) is 18.6 Å². The van der Waals surface area contributed by atoms with Gasteiger partial charge >= 0.3 is 0 Å². The highest BCUT2D eigenvalue weighted by Gasteiger charge is 2.08. The fourth-order valence-electron chi connectivity index (χ4n) is 1.78. The minimum atomic E-state index is 0.555. The smallest absolute Gasteiger partial charge is 0.136 e. The van der Waals surface area contributed by atoms with Crippen LogP contribution in [0.25, 0.3) is 0 Å². The van der Waals surface area contributed by atoms with Gasteiger partial charge in [-0.1, -0.05) is 32.9 Å². The number of nitrogens with zero attached hydrogens (tertiary/aromatic N) is 2. The van der Waals surface area contributed by atoms with Crippen LogP contribution in [0.4, 0.5) is 11.5 Å². The highest BCUT2D eigenvalue weighted by Crippen LogP contribution is 2.32. The summed E-state index contributed by atoms with van der Waals surface area (Å²) >= 11 is 1.85. The van der Waals surface area contributed by atoms with Gasteiger partial charge in [-0.15, -0.1) is 11.8 Å². The van der Waals surface area contributed by atoms with Gasteiger partial charge in [-0.3, -0.25) is 0 Å². The van der Waals surface area contributed by atoms with Crippen molar-refractivity contribution in [3.8, 4) is 0 Å². The highest BCUT2D eigenvalue weighted by atomic mass is 32.2. The SMILES string of the molecule is CCc1cncnc1Nc1ccccc1SC(C)C.COC.COC. The molecule has 0 spiro atoms. The zero-order chi connectivity index (χ0) is 19.1. The van der Waals surface area contributed by atoms with Crippen molar-refractivity contribution in [3.05, 3.63) is 42.4 Å². The lowest BCUT2D eigenvalue weighted by molar-refractivity contribution is 0.277. The maximum atomic E-state index is 4.33. The number of hydrogen-bond donors (Lipinski definition) is 1. The molecule has 0 aliphatic heterocycles. The molecule has 1 N–H and O–H groups in total. The van der Waals surface area contributed by atoms with Crippen molar-refractivity contribution in [1.29, 1.82) is 0 Å². The van der Waals surface area contributed by atoms with Crippen molar-refractivity contribution >= 4 is 23.3 Å². The Hall–Kier alpha value is -1.63. The lowest BCUT2D eigenvalue weighted by Crippen LogP contribution is -2.00. The van der Waals surface area contributed by atoms with E-state index in [1.54, 1.807) is 34.8 Å². The molecular formula is C19H31N3O2S. The van der Waals surface area contributed by atoms with Gasteiger partial charge < -0.3 is 14.8 Å². The Morgan fingerprint density at radius 1 is 1.08 bits per heavy atom. The van der Waals surface area contributed by atoms with E-state index in [0.717, 1.165) is 23.5 Å². The second kappa shape index (κ2) is 14.7. The summed E-state index contributed by atoms with van der Waals surface area (Å²) in [6.07, 6.45) is 4.37. The fraction of sp³-hybridized carbons (Fsp3) is 0.474. The van der Waals surface area contributed by atoms with Gasteiger partial charge in [-0.25, -0.2) is 9.97 Å². The van der Waals surface area contributed by atoms with E-state index in [4.69, 9.17) is 0 Å². The Morgan fingerprint density at radius 2 is 1.68 bits per heavy atom. The molecule has 0 atom stereocenters. The number of aryl methyl sites for hydroxylation is 1. The van der Waals surface area contributed by atoms with Gasteiger partial charge in [0.05, 0.1) is 5.69 Å². The Balaban J connectivity index is 0.000000844. The lowest BCUT2D eigenvalue weighted by atomic mass is 10.2. The Morgan fingerprint density at radius 3 is 2.24 bits per heavy atom. The molecule has 0 aliphatic rings. The number of aromatic nitrogens is 2. The number of nitrogens with one attached hydrogen (secondary N) is 1. The average Bonchev–Trinajstić information content (AvgIpc) is 2.58. The standard InChI is InChI=1S/C15H19N3S.2C2H6O/c1-4-12-9-16-10-17-15(12)18-13-7-5-6-8-14(13)19-11(2)3;2*1-3-2/h5-11H,4H2,1-3H3,(H,16,17,18);2*1-2H3. The van der Waals surface area contributed by atoms with Gasteiger partial charge in [0.2, 0.25) is 0 Å². The lowest BCUT2D eigenvalue weighted by Gasteiger charge is -2.14. The molecule has 25 heavy (non-hydrogen) atoms. The number of anilines is 2. The monoisotopic (exact) mass is 365 g/mol. The van der Waals surface area contributed by atoms with E-state index in [1.807, 2.05) is 24.0 Å². The predicted molar refractivity (Wildman–Crippen MR) is 108 cm³/mol. The normalized spacial score (nSPS) is 9.60. The summed E-state index contributed by atoms with van der Waals surface area (Å²) in [7, 11) is 6.50. The van der Waals surface area contributed by atoms with E-state index in [2.05, 4.69) is 63.7 Å². The molecular weight excluding hydrogens is 334 g/mol. The zero-order valence-corrected chi connectivity index (χ0v) is 17.2. The Kier molecular flexibility index (Phi) is 13.7. The van der Waals surface area contributed by atoms with E-state index in [-0.39, 0.29) is 0 Å². The van der Waals surface area contributed by atoms with Gasteiger partial charge in [-0.2, -0.15) is 0 Å². The molecule has 2 rings (SSSR count). The van der Waals surface area contributed by atoms with Crippen LogP contribution in [-0.4, -0.2) is 43.7 Å². The molecule has 5 nitrogen and oxygen atoms in total. The van der Waals surface area contributed by atoms with Crippen LogP contribution in [0.2, 0.25) is 0 Å². The van der Waals surface area contributed by atoms with Crippen LogP contribution < -0.4 is 5.32 Å². The molecule has 6 heteroatoms. The minimum Gasteiger partial charge on any atom is -0.388 e. The predicted octanol–water partition coefficient (Wildman–Crippen LogP) is 4.81. The van der Waals surface area contributed by atoms with E-state index in [0.29, 0.717) is 5.25 Å². The van der Waals surface area contributed by atoms with E-state index >= 15 is 0 Å². The largest absolute Gasteiger partial charge is 0.388 e. The molecule has 2 aromatic rings. The second-order valence-electron chi connectivity index (χ2n) is 5.35. The van der Waals surface area contributed by atoms with Crippen LogP contribution in [-0.2, 0) is 15.9 Å². The zero-order valence-electron chi connectivity index (χ0n) is 16.4. The van der Waals surface area contributed by atoms with Crippen LogP contribution >= 0.6 is 11.8 Å². The molecule has 0 aliphatic carbocycles. The van der Waals surface area contributed by atoms with Crippen LogP contribution in [0.5, 0.6) is 0 Å². The highest BCUT2D eigenvalue weighted by molar-refractivity contribution is 8.00. The average molecular weight is 366 g/mol. The number of hydrogen-bond acceptors (Lipinski definition) is 6. The minimum absolute atomic E-state index is 0.555. The molecule has 140 valence electrons. The maximum absolute atomic E-state index is 4.33. The van der Waals surface area contributed by atoms with E-state index in [1.165, 1.54) is 4.90 Å². The van der Waals surface area contributed by atoms with Gasteiger partial charge in [0, 0.05) is 50.3 Å². The first-order valence-corrected chi connectivity index (χ1v) is 9.03. The Bertz CT molecular complexity index is 578. The van der Waals surface area contributed by atoms with Crippen molar-refractivity contribution in [1.82, 2.24) is 9.97 Å². The first kappa shape index (κ1) is 23.4. The van der Waals surface area contributed by atoms with Crippen LogP contribution in [0.15, 0.2) is 41.7 Å². The van der Waals surface area contributed by atoms with Crippen molar-refractivity contribution in [2.24, 2.45) is 0 Å². The quantitative estimate of drug-likeness (QED) is 0.768. The number of para-hydroxylation sites is 1. The third-order valence-corrected chi connectivity index (χ3v) is 3.75. The summed E-state index contributed by atoms with van der Waals surface area (Å²) in [4.78, 5) is 9.65. The van der Waals surface area contributed by atoms with Gasteiger partial charge in [0.15, 0.2) is 0 Å². The molecule has 0 fully saturated rings. The maximum Gasteiger partial charge on any atom is 0.136 e. The number of methoxy groups -OCH3 is 2. The molecule has 0 bridgehead atoms. The number of ether oxygens (including phenoxy) is 2. The third kappa shape index (κ3) is 10.1. The summed E-state index contributed by atoms with van der Waals surface area (Å²) in [6, 6.07) is 8.34. The van der Waals surface area contributed by atoms with Gasteiger partial charge in [0.1, 0.15) is 12.1 Å². The molecule has 1 aromatic carbocycles. The summed E-state index contributed by atoms with van der Waals surface area (Å²) in [6.45, 7) is 6.51. The number of benzene rings is 1. The third-order valence-electron chi connectivity index (χ3n) is 2.67. The molecule has 0 saturated carbocycles. The van der Waals surface area contributed by atoms with Gasteiger partial charge in [0.25, 0.3) is 0 Å². The van der Waals surface area contributed by atoms with E-state index in [9.17, 15) is 0 Å². The molecule has 1 aromatic heterocycles. The second-order valence-corrected chi connectivity index (χ2v) is 6.97. The first-order chi connectivity index (χ1) is 12.0. The summed E-state index contributed by atoms with van der Waals surface area (Å²) in [5.41, 5.74) is 2.24. The Labute approximate surface area is 156 Å². The van der Waals surface area contributed by atoms with Crippen LogP contribution in [0.1, 0.15) is 26.3 Å². The molecule has 0 amide bonds. The van der Waals surface area contributed by atoms with Crippen LogP contribution in [0, 0.1) is 0 Å². The fourth-order valence-corrected chi connectivity index (χ4v) is 2.69. The summed E-state index contributed by atoms with van der Waals surface area (Å²) in [5.74, 6) is 0.898. The molecule has 0 radical (unpaired) electrons. The first-order valence-electron chi connectivity index (χ1n) is 8.15. The topological polar surface area (TPSA) is 56.3 Å². The van der Waals surface area contributed by atoms with Crippen molar-refractivity contribution in [2.45, 2.75) is 37.3 Å². The van der Waals surface area contributed by atoms with Crippen LogP contribution in [0.3, 0.4) is 0 Å². The van der Waals surface area contributed by atoms with E-state index < -0.39 is 0 Å². The summed E-state index contributed by atoms with van der Waals surface area (Å²) < 4.78 is 8.50. The molecule has 0 unspecified atom stereocenters. The number of thioether (sulfide) groups is 1. The summed E-state index contributed by atoms with van der Waals surface area (Å²) in [5, 5.41) is 3.98. The molecule has 0 saturated heterocycles. The number of rotatable bonds is 5.